The predicted molar refractivity (Wildman–Crippen MR) is 182 cm³/mol. The Kier molecular flexibility index (Phi) is 7.51. The van der Waals surface area contributed by atoms with E-state index in [1.807, 2.05) is 36.5 Å². The van der Waals surface area contributed by atoms with Crippen molar-refractivity contribution in [2.45, 2.75) is 44.8 Å². The molecule has 0 aliphatic carbocycles. The van der Waals surface area contributed by atoms with Crippen molar-refractivity contribution in [3.05, 3.63) is 75.9 Å². The maximum Gasteiger partial charge on any atom is 0.293 e. The number of piperidine rings is 2. The number of carbonyl (C=O) groups excluding carboxylic acids is 3. The van der Waals surface area contributed by atoms with Crippen molar-refractivity contribution in [3.8, 4) is 22.6 Å². The van der Waals surface area contributed by atoms with Gasteiger partial charge in [0.25, 0.3) is 11.5 Å². The topological polar surface area (TPSA) is 127 Å². The number of imide groups is 1. The number of pyridine rings is 1. The Morgan fingerprint density at radius 2 is 1.69 bits per heavy atom. The van der Waals surface area contributed by atoms with Crippen LogP contribution in [0.4, 0.5) is 5.69 Å². The molecule has 4 aromatic rings. The highest BCUT2D eigenvalue weighted by atomic mass is 16.5. The molecule has 6 heterocycles. The van der Waals surface area contributed by atoms with Crippen LogP contribution >= 0.6 is 0 Å². The van der Waals surface area contributed by atoms with Crippen molar-refractivity contribution in [2.24, 2.45) is 12.5 Å². The van der Waals surface area contributed by atoms with Crippen LogP contribution in [0.1, 0.15) is 47.2 Å². The second-order valence-corrected chi connectivity index (χ2v) is 13.9. The Bertz CT molecular complexity index is 2040. The molecule has 2 aromatic heterocycles. The van der Waals surface area contributed by atoms with Gasteiger partial charge in [-0.05, 0) is 73.8 Å². The number of aryl methyl sites for hydroxylation is 1. The fourth-order valence-corrected chi connectivity index (χ4v) is 8.11. The third-order valence-electron chi connectivity index (χ3n) is 10.9. The number of furan rings is 1. The maximum absolute atomic E-state index is 13.3. The van der Waals surface area contributed by atoms with Crippen molar-refractivity contribution in [1.82, 2.24) is 19.7 Å². The van der Waals surface area contributed by atoms with Crippen molar-refractivity contribution in [1.29, 1.82) is 0 Å². The minimum atomic E-state index is -0.607. The number of anilines is 1. The fourth-order valence-electron chi connectivity index (χ4n) is 8.11. The van der Waals surface area contributed by atoms with Crippen LogP contribution < -0.4 is 25.2 Å². The number of hydrogen-bond donors (Lipinski definition) is 1. The summed E-state index contributed by atoms with van der Waals surface area (Å²) in [5.41, 5.74) is 5.70. The molecule has 3 amide bonds. The van der Waals surface area contributed by atoms with Crippen LogP contribution in [-0.2, 0) is 29.7 Å². The van der Waals surface area contributed by atoms with Crippen LogP contribution in [0.25, 0.3) is 22.1 Å². The summed E-state index contributed by atoms with van der Waals surface area (Å²) in [5, 5.41) is 3.12. The van der Waals surface area contributed by atoms with E-state index in [1.165, 1.54) is 10.8 Å². The SMILES string of the molecule is COc1cc(-c2cn(C)c(=O)c3occc23)cc(OC)c1CN1CCC2(CC1)CN(c1ccc3c(c1)C(=O)N(C1CCC(=O)NC1=O)C3)C2. The molecular formula is C37H39N5O7. The minimum absolute atomic E-state index is 0.141. The molecule has 0 saturated carbocycles. The van der Waals surface area contributed by atoms with Gasteiger partial charge in [0.1, 0.15) is 17.5 Å². The zero-order chi connectivity index (χ0) is 34.0. The minimum Gasteiger partial charge on any atom is -0.496 e. The lowest BCUT2D eigenvalue weighted by Crippen LogP contribution is -2.60. The molecule has 12 heteroatoms. The number of rotatable bonds is 7. The number of carbonyl (C=O) groups is 3. The highest BCUT2D eigenvalue weighted by molar-refractivity contribution is 6.05. The Morgan fingerprint density at radius 1 is 0.959 bits per heavy atom. The summed E-state index contributed by atoms with van der Waals surface area (Å²) < 4.78 is 18.8. The molecule has 254 valence electrons. The number of hydrogen-bond acceptors (Lipinski definition) is 9. The molecule has 3 fully saturated rings. The largest absolute Gasteiger partial charge is 0.496 e. The van der Waals surface area contributed by atoms with Gasteiger partial charge < -0.3 is 28.3 Å². The molecule has 1 N–H and O–H groups in total. The molecule has 1 atom stereocenters. The number of amides is 3. The monoisotopic (exact) mass is 665 g/mol. The van der Waals surface area contributed by atoms with E-state index >= 15 is 0 Å². The van der Waals surface area contributed by atoms with E-state index in [0.29, 0.717) is 30.7 Å². The van der Waals surface area contributed by atoms with Gasteiger partial charge in [-0.15, -0.1) is 0 Å². The first-order valence-electron chi connectivity index (χ1n) is 16.7. The molecule has 12 nitrogen and oxygen atoms in total. The van der Waals surface area contributed by atoms with Gasteiger partial charge in [0.2, 0.25) is 11.8 Å². The molecule has 8 rings (SSSR count). The van der Waals surface area contributed by atoms with Gasteiger partial charge in [-0.25, -0.2) is 0 Å². The molecule has 0 bridgehead atoms. The average Bonchev–Trinajstić information content (AvgIpc) is 3.71. The summed E-state index contributed by atoms with van der Waals surface area (Å²) in [6.45, 7) is 4.85. The zero-order valence-electron chi connectivity index (χ0n) is 27.9. The molecule has 4 aliphatic rings. The summed E-state index contributed by atoms with van der Waals surface area (Å²) in [6, 6.07) is 11.3. The number of aromatic nitrogens is 1. The van der Waals surface area contributed by atoms with Gasteiger partial charge in [-0.1, -0.05) is 6.07 Å². The number of fused-ring (bicyclic) bond motifs is 2. The molecular weight excluding hydrogens is 626 g/mol. The Labute approximate surface area is 283 Å². The zero-order valence-corrected chi connectivity index (χ0v) is 27.9. The van der Waals surface area contributed by atoms with Crippen LogP contribution in [0.3, 0.4) is 0 Å². The van der Waals surface area contributed by atoms with Gasteiger partial charge in [0.05, 0.1) is 26.0 Å². The van der Waals surface area contributed by atoms with Crippen molar-refractivity contribution >= 4 is 34.4 Å². The van der Waals surface area contributed by atoms with Crippen molar-refractivity contribution in [3.63, 3.8) is 0 Å². The van der Waals surface area contributed by atoms with E-state index in [-0.39, 0.29) is 35.1 Å². The molecule has 3 saturated heterocycles. The van der Waals surface area contributed by atoms with Crippen LogP contribution in [0.5, 0.6) is 11.5 Å². The standard InChI is InChI=1S/C37H39N5O7/c1-39-18-27(25-8-13-49-33(25)36(39)46)23-14-30(47-2)28(31(15-23)48-3)19-40-11-9-37(10-12-40)20-41(21-37)24-5-4-22-17-42(35(45)26(22)16-24)29-6-7-32(43)38-34(29)44/h4-5,8,13-16,18,29H,6-7,9-12,17,19-21H2,1-3H3,(H,38,43,44). The quantitative estimate of drug-likeness (QED) is 0.294. The van der Waals surface area contributed by atoms with E-state index in [2.05, 4.69) is 21.2 Å². The first-order chi connectivity index (χ1) is 23.7. The van der Waals surface area contributed by atoms with E-state index in [9.17, 15) is 19.2 Å². The number of ether oxygens (including phenoxy) is 2. The van der Waals surface area contributed by atoms with Gasteiger partial charge in [-0.3, -0.25) is 29.4 Å². The van der Waals surface area contributed by atoms with E-state index < -0.39 is 6.04 Å². The van der Waals surface area contributed by atoms with E-state index in [1.54, 1.807) is 26.2 Å². The number of nitrogens with zero attached hydrogens (tertiary/aromatic N) is 4. The van der Waals surface area contributed by atoms with E-state index in [0.717, 1.165) is 83.8 Å². The number of nitrogens with one attached hydrogen (secondary N) is 1. The Balaban J connectivity index is 0.925. The Hall–Kier alpha value is -5.10. The third-order valence-corrected chi connectivity index (χ3v) is 10.9. The number of methoxy groups -OCH3 is 2. The lowest BCUT2D eigenvalue weighted by molar-refractivity contribution is -0.136. The number of benzene rings is 2. The second-order valence-electron chi connectivity index (χ2n) is 13.9. The molecule has 4 aliphatic heterocycles. The first-order valence-corrected chi connectivity index (χ1v) is 16.7. The molecule has 1 unspecified atom stereocenters. The third kappa shape index (κ3) is 5.25. The molecule has 2 aromatic carbocycles. The van der Waals surface area contributed by atoms with E-state index in [4.69, 9.17) is 13.9 Å². The Morgan fingerprint density at radius 3 is 2.39 bits per heavy atom. The van der Waals surface area contributed by atoms with Crippen LogP contribution in [0.15, 0.2) is 58.1 Å². The van der Waals surface area contributed by atoms with Crippen LogP contribution in [-0.4, -0.2) is 78.5 Å². The van der Waals surface area contributed by atoms with Crippen LogP contribution in [0, 0.1) is 5.41 Å². The summed E-state index contributed by atoms with van der Waals surface area (Å²) in [6.07, 6.45) is 6.09. The van der Waals surface area contributed by atoms with Crippen molar-refractivity contribution in [2.75, 3.05) is 45.3 Å². The highest BCUT2D eigenvalue weighted by Crippen LogP contribution is 2.45. The molecule has 0 radical (unpaired) electrons. The lowest BCUT2D eigenvalue weighted by atomic mass is 9.71. The average molecular weight is 666 g/mol. The maximum atomic E-state index is 13.3. The summed E-state index contributed by atoms with van der Waals surface area (Å²) >= 11 is 0. The summed E-state index contributed by atoms with van der Waals surface area (Å²) in [4.78, 5) is 56.3. The predicted octanol–water partition coefficient (Wildman–Crippen LogP) is 3.68. The van der Waals surface area contributed by atoms with Gasteiger partial charge in [0, 0.05) is 73.5 Å². The van der Waals surface area contributed by atoms with Gasteiger partial charge in [0.15, 0.2) is 5.58 Å². The number of likely N-dealkylation sites (tertiary alicyclic amines) is 1. The first kappa shape index (κ1) is 31.2. The van der Waals surface area contributed by atoms with Gasteiger partial charge >= 0.3 is 0 Å². The normalized spacial score (nSPS) is 20.5. The second kappa shape index (κ2) is 11.8. The smallest absolute Gasteiger partial charge is 0.293 e. The van der Waals surface area contributed by atoms with Crippen molar-refractivity contribution < 1.29 is 28.3 Å². The fraction of sp³-hybridized carbons (Fsp3) is 0.405. The summed E-state index contributed by atoms with van der Waals surface area (Å²) in [7, 11) is 5.05. The summed E-state index contributed by atoms with van der Waals surface area (Å²) in [5.74, 6) is 0.655. The highest BCUT2D eigenvalue weighted by Gasteiger charge is 2.46. The van der Waals surface area contributed by atoms with Crippen LogP contribution in [0.2, 0.25) is 0 Å². The lowest BCUT2D eigenvalue weighted by Gasteiger charge is -2.55. The van der Waals surface area contributed by atoms with Gasteiger partial charge in [-0.2, -0.15) is 0 Å². The molecule has 1 spiro atoms. The molecule has 49 heavy (non-hydrogen) atoms.